The second kappa shape index (κ2) is 4.35. The van der Waals surface area contributed by atoms with Gasteiger partial charge in [-0.25, -0.2) is 14.2 Å². The molecule has 0 aliphatic heterocycles. The molecule has 3 rings (SSSR count). The van der Waals surface area contributed by atoms with Crippen molar-refractivity contribution < 1.29 is 13.9 Å². The Morgan fingerprint density at radius 2 is 2.21 bits per heavy atom. The minimum atomic E-state index is -0.502. The molecule has 2 heterocycles. The maximum absolute atomic E-state index is 13.3. The maximum atomic E-state index is 13.3. The number of carbonyl (C=O) groups excluding carboxylic acids is 1. The highest BCUT2D eigenvalue weighted by molar-refractivity contribution is 5.98. The van der Waals surface area contributed by atoms with Crippen molar-refractivity contribution in [1.82, 2.24) is 9.38 Å². The van der Waals surface area contributed by atoms with Crippen molar-refractivity contribution in [1.29, 1.82) is 0 Å². The number of nitrogens with zero attached hydrogens (tertiary/aromatic N) is 2. The molecule has 96 valence electrons. The van der Waals surface area contributed by atoms with E-state index in [4.69, 9.17) is 4.74 Å². The van der Waals surface area contributed by atoms with E-state index in [1.54, 1.807) is 29.7 Å². The minimum absolute atomic E-state index is 0.199. The molecular weight excluding hydrogens is 247 g/mol. The first-order valence-electron chi connectivity index (χ1n) is 5.94. The molecule has 0 bridgehead atoms. The van der Waals surface area contributed by atoms with Crippen LogP contribution in [0.1, 0.15) is 17.4 Å². The number of hydrogen-bond donors (Lipinski definition) is 0. The summed E-state index contributed by atoms with van der Waals surface area (Å²) in [5.74, 6) is -0.890. The molecule has 5 heteroatoms. The van der Waals surface area contributed by atoms with Crippen molar-refractivity contribution in [2.75, 3.05) is 6.61 Å². The molecular formula is C14H11FN2O2. The molecule has 0 amide bonds. The summed E-state index contributed by atoms with van der Waals surface area (Å²) in [5, 5.41) is 0. The van der Waals surface area contributed by atoms with Crippen LogP contribution in [0.15, 0.2) is 36.5 Å². The Labute approximate surface area is 108 Å². The number of carbonyl (C=O) groups is 1. The van der Waals surface area contributed by atoms with E-state index >= 15 is 0 Å². The van der Waals surface area contributed by atoms with Gasteiger partial charge in [0, 0.05) is 12.3 Å². The minimum Gasteiger partial charge on any atom is -0.461 e. The lowest BCUT2D eigenvalue weighted by Gasteiger charge is -2.07. The van der Waals surface area contributed by atoms with Gasteiger partial charge in [-0.1, -0.05) is 0 Å². The van der Waals surface area contributed by atoms with Gasteiger partial charge in [0.05, 0.1) is 23.2 Å². The zero-order valence-electron chi connectivity index (χ0n) is 10.3. The van der Waals surface area contributed by atoms with Crippen LogP contribution in [0.2, 0.25) is 0 Å². The Bertz CT molecular complexity index is 780. The molecule has 2 aromatic heterocycles. The third-order valence-corrected chi connectivity index (χ3v) is 2.89. The second-order valence-corrected chi connectivity index (χ2v) is 4.08. The Kier molecular flexibility index (Phi) is 2.67. The first-order chi connectivity index (χ1) is 9.20. The molecule has 0 N–H and O–H groups in total. The lowest BCUT2D eigenvalue weighted by atomic mass is 10.2. The van der Waals surface area contributed by atoms with Gasteiger partial charge in [-0.15, -0.1) is 0 Å². The number of esters is 1. The molecule has 0 atom stereocenters. The van der Waals surface area contributed by atoms with Gasteiger partial charge in [0.1, 0.15) is 5.82 Å². The van der Waals surface area contributed by atoms with Crippen molar-refractivity contribution in [3.63, 3.8) is 0 Å². The smallest absolute Gasteiger partial charge is 0.359 e. The van der Waals surface area contributed by atoms with Crippen LogP contribution >= 0.6 is 0 Å². The third kappa shape index (κ3) is 1.83. The Morgan fingerprint density at radius 3 is 3.00 bits per heavy atom. The van der Waals surface area contributed by atoms with Crippen LogP contribution in [0.5, 0.6) is 0 Å². The summed E-state index contributed by atoms with van der Waals surface area (Å²) in [7, 11) is 0. The van der Waals surface area contributed by atoms with Crippen LogP contribution in [0, 0.1) is 5.82 Å². The number of benzene rings is 1. The van der Waals surface area contributed by atoms with Gasteiger partial charge in [0.15, 0.2) is 5.69 Å². The second-order valence-electron chi connectivity index (χ2n) is 4.08. The van der Waals surface area contributed by atoms with Crippen LogP contribution < -0.4 is 0 Å². The number of ether oxygens (including phenoxy) is 1. The van der Waals surface area contributed by atoms with Gasteiger partial charge < -0.3 is 9.14 Å². The van der Waals surface area contributed by atoms with E-state index < -0.39 is 5.97 Å². The van der Waals surface area contributed by atoms with Gasteiger partial charge in [-0.2, -0.15) is 0 Å². The largest absolute Gasteiger partial charge is 0.461 e. The average Bonchev–Trinajstić information content (AvgIpc) is 2.86. The van der Waals surface area contributed by atoms with E-state index in [0.29, 0.717) is 11.0 Å². The Balaban J connectivity index is 2.35. The molecule has 1 aromatic carbocycles. The standard InChI is InChI=1S/C14H11FN2O2/c1-2-19-14(18)13-12-4-3-7-17(12)11-6-5-9(15)8-10(11)16-13/h3-8H,2H2,1H3. The van der Waals surface area contributed by atoms with E-state index in [0.717, 1.165) is 5.52 Å². The highest BCUT2D eigenvalue weighted by atomic mass is 19.1. The summed E-state index contributed by atoms with van der Waals surface area (Å²) < 4.78 is 20.1. The average molecular weight is 258 g/mol. The third-order valence-electron chi connectivity index (χ3n) is 2.89. The molecule has 0 saturated heterocycles. The van der Waals surface area contributed by atoms with E-state index in [1.165, 1.54) is 12.1 Å². The van der Waals surface area contributed by atoms with Crippen LogP contribution in [0.25, 0.3) is 16.6 Å². The molecule has 0 saturated carbocycles. The number of aromatic nitrogens is 2. The predicted molar refractivity (Wildman–Crippen MR) is 68.6 cm³/mol. The van der Waals surface area contributed by atoms with Crippen molar-refractivity contribution in [2.24, 2.45) is 0 Å². The van der Waals surface area contributed by atoms with Gasteiger partial charge in [-0.05, 0) is 31.2 Å². The lowest BCUT2D eigenvalue weighted by Crippen LogP contribution is -2.09. The summed E-state index contributed by atoms with van der Waals surface area (Å²) in [6.45, 7) is 2.00. The lowest BCUT2D eigenvalue weighted by molar-refractivity contribution is 0.0522. The molecule has 4 nitrogen and oxygen atoms in total. The summed E-state index contributed by atoms with van der Waals surface area (Å²) in [5.41, 5.74) is 2.02. The van der Waals surface area contributed by atoms with Crippen LogP contribution in [-0.2, 0) is 4.74 Å². The monoisotopic (exact) mass is 258 g/mol. The zero-order valence-corrected chi connectivity index (χ0v) is 10.3. The van der Waals surface area contributed by atoms with Crippen LogP contribution in [-0.4, -0.2) is 22.0 Å². The van der Waals surface area contributed by atoms with Crippen molar-refractivity contribution in [2.45, 2.75) is 6.92 Å². The quantitative estimate of drug-likeness (QED) is 0.664. The van der Waals surface area contributed by atoms with E-state index in [9.17, 15) is 9.18 Å². The summed E-state index contributed by atoms with van der Waals surface area (Å²) >= 11 is 0. The van der Waals surface area contributed by atoms with E-state index in [-0.39, 0.29) is 18.1 Å². The SMILES string of the molecule is CCOC(=O)c1nc2cc(F)ccc2n2cccc12. The highest BCUT2D eigenvalue weighted by Gasteiger charge is 2.16. The molecule has 0 aliphatic rings. The summed E-state index contributed by atoms with van der Waals surface area (Å²) in [6, 6.07) is 7.90. The number of hydrogen-bond acceptors (Lipinski definition) is 3. The Morgan fingerprint density at radius 1 is 1.37 bits per heavy atom. The van der Waals surface area contributed by atoms with Crippen molar-refractivity contribution >= 4 is 22.5 Å². The fourth-order valence-electron chi connectivity index (χ4n) is 2.10. The molecule has 0 spiro atoms. The summed E-state index contributed by atoms with van der Waals surface area (Å²) in [4.78, 5) is 16.1. The molecule has 0 fully saturated rings. The molecule has 0 unspecified atom stereocenters. The van der Waals surface area contributed by atoms with Crippen LogP contribution in [0.3, 0.4) is 0 Å². The van der Waals surface area contributed by atoms with Gasteiger partial charge in [-0.3, -0.25) is 0 Å². The molecule has 19 heavy (non-hydrogen) atoms. The zero-order chi connectivity index (χ0) is 13.4. The topological polar surface area (TPSA) is 43.6 Å². The van der Waals surface area contributed by atoms with Gasteiger partial charge >= 0.3 is 5.97 Å². The highest BCUT2D eigenvalue weighted by Crippen LogP contribution is 2.20. The normalized spacial score (nSPS) is 11.1. The fraction of sp³-hybridized carbons (Fsp3) is 0.143. The van der Waals surface area contributed by atoms with E-state index in [1.807, 2.05) is 6.07 Å². The van der Waals surface area contributed by atoms with Crippen molar-refractivity contribution in [3.05, 3.63) is 48.0 Å². The van der Waals surface area contributed by atoms with Crippen molar-refractivity contribution in [3.8, 4) is 0 Å². The molecule has 3 aromatic rings. The summed E-state index contributed by atoms with van der Waals surface area (Å²) in [6.07, 6.45) is 1.81. The van der Waals surface area contributed by atoms with Gasteiger partial charge in [0.2, 0.25) is 0 Å². The molecule has 0 radical (unpaired) electrons. The fourth-order valence-corrected chi connectivity index (χ4v) is 2.10. The number of halogens is 1. The predicted octanol–water partition coefficient (Wildman–Crippen LogP) is 2.80. The maximum Gasteiger partial charge on any atom is 0.359 e. The van der Waals surface area contributed by atoms with Gasteiger partial charge in [0.25, 0.3) is 0 Å². The first kappa shape index (κ1) is 11.6. The number of fused-ring (bicyclic) bond motifs is 3. The number of rotatable bonds is 2. The first-order valence-corrected chi connectivity index (χ1v) is 5.94. The van der Waals surface area contributed by atoms with E-state index in [2.05, 4.69) is 4.98 Å². The molecule has 0 aliphatic carbocycles. The Hall–Kier alpha value is -2.43. The van der Waals surface area contributed by atoms with Crippen LogP contribution in [0.4, 0.5) is 4.39 Å².